The number of aromatic amines is 1. The number of imidazole rings is 1. The first kappa shape index (κ1) is 24.3. The van der Waals surface area contributed by atoms with Crippen LogP contribution in [0.3, 0.4) is 0 Å². The number of tetrazole rings is 1. The van der Waals surface area contributed by atoms with Gasteiger partial charge >= 0.3 is 5.69 Å². The molecule has 182 valence electrons. The average molecular weight is 473 g/mol. The molecule has 4 rings (SSSR count). The molecule has 0 saturated heterocycles. The summed E-state index contributed by atoms with van der Waals surface area (Å²) in [4.78, 5) is 25.3. The van der Waals surface area contributed by atoms with Crippen molar-refractivity contribution in [1.82, 2.24) is 29.8 Å². The zero-order valence-corrected chi connectivity index (χ0v) is 20.4. The van der Waals surface area contributed by atoms with Crippen LogP contribution in [0.5, 0.6) is 0 Å². The van der Waals surface area contributed by atoms with E-state index in [2.05, 4.69) is 34.5 Å². The minimum atomic E-state index is -0.0958. The number of unbranched alkanes of at least 4 members (excludes halogenated alkanes) is 3. The Morgan fingerprint density at radius 3 is 2.31 bits per heavy atom. The van der Waals surface area contributed by atoms with Crippen LogP contribution in [0.1, 0.15) is 67.7 Å². The average Bonchev–Trinajstić information content (AvgIpc) is 3.51. The highest BCUT2D eigenvalue weighted by Gasteiger charge is 2.19. The van der Waals surface area contributed by atoms with E-state index < -0.39 is 0 Å². The van der Waals surface area contributed by atoms with Crippen LogP contribution in [-0.4, -0.2) is 36.0 Å². The number of H-pyrrole nitrogens is 1. The molecule has 0 fully saturated rings. The maximum Gasteiger partial charge on any atom is 0.329 e. The number of hydrogen-bond donors (Lipinski definition) is 1. The van der Waals surface area contributed by atoms with Crippen molar-refractivity contribution in [3.05, 3.63) is 76.0 Å². The zero-order chi connectivity index (χ0) is 24.6. The highest BCUT2D eigenvalue weighted by atomic mass is 16.2. The minimum absolute atomic E-state index is 0.0958. The molecule has 8 nitrogen and oxygen atoms in total. The number of carbonyl (C=O) groups excluding carboxylic acids is 1. The summed E-state index contributed by atoms with van der Waals surface area (Å²) in [6.45, 7) is 5.27. The summed E-state index contributed by atoms with van der Waals surface area (Å²) in [6.07, 6.45) is 6.51. The van der Waals surface area contributed by atoms with Crippen LogP contribution < -0.4 is 5.69 Å². The van der Waals surface area contributed by atoms with Crippen molar-refractivity contribution in [3.8, 4) is 22.5 Å². The molecule has 0 unspecified atom stereocenters. The number of aromatic nitrogens is 6. The van der Waals surface area contributed by atoms with Crippen LogP contribution in [0.25, 0.3) is 22.5 Å². The van der Waals surface area contributed by atoms with E-state index in [0.717, 1.165) is 72.8 Å². The number of carbonyl (C=O) groups is 1. The van der Waals surface area contributed by atoms with Gasteiger partial charge in [0.05, 0.1) is 12.2 Å². The van der Waals surface area contributed by atoms with Gasteiger partial charge in [0, 0.05) is 12.1 Å². The van der Waals surface area contributed by atoms with E-state index in [4.69, 9.17) is 0 Å². The Balaban J connectivity index is 1.65. The Kier molecular flexibility index (Phi) is 8.03. The van der Waals surface area contributed by atoms with E-state index in [9.17, 15) is 9.59 Å². The number of rotatable bonds is 12. The summed E-state index contributed by atoms with van der Waals surface area (Å²) in [5, 5.41) is 14.3. The third kappa shape index (κ3) is 5.31. The molecule has 2 aromatic heterocycles. The van der Waals surface area contributed by atoms with E-state index in [1.54, 1.807) is 9.13 Å². The second-order valence-electron chi connectivity index (χ2n) is 8.77. The van der Waals surface area contributed by atoms with Gasteiger partial charge in [-0.25, -0.2) is 9.89 Å². The number of aldehydes is 1. The molecule has 0 aliphatic rings. The predicted molar refractivity (Wildman–Crippen MR) is 136 cm³/mol. The predicted octanol–water partition coefficient (Wildman–Crippen LogP) is 4.89. The van der Waals surface area contributed by atoms with Gasteiger partial charge in [-0.15, -0.1) is 5.10 Å². The van der Waals surface area contributed by atoms with Gasteiger partial charge in [0.1, 0.15) is 5.69 Å². The lowest BCUT2D eigenvalue weighted by molar-refractivity contribution is 0.111. The van der Waals surface area contributed by atoms with Gasteiger partial charge in [-0.3, -0.25) is 13.9 Å². The van der Waals surface area contributed by atoms with Crippen LogP contribution in [0.4, 0.5) is 0 Å². The molecule has 0 amide bonds. The summed E-state index contributed by atoms with van der Waals surface area (Å²) < 4.78 is 3.46. The second-order valence-corrected chi connectivity index (χ2v) is 8.77. The Morgan fingerprint density at radius 2 is 1.66 bits per heavy atom. The Morgan fingerprint density at radius 1 is 0.914 bits per heavy atom. The molecule has 0 saturated carbocycles. The monoisotopic (exact) mass is 472 g/mol. The highest BCUT2D eigenvalue weighted by molar-refractivity contribution is 5.80. The number of benzene rings is 2. The van der Waals surface area contributed by atoms with Crippen LogP contribution in [-0.2, 0) is 19.5 Å². The van der Waals surface area contributed by atoms with E-state index in [0.29, 0.717) is 24.6 Å². The van der Waals surface area contributed by atoms with Crippen molar-refractivity contribution < 1.29 is 4.79 Å². The summed E-state index contributed by atoms with van der Waals surface area (Å²) >= 11 is 0. The Labute approximate surface area is 205 Å². The first-order valence-electron chi connectivity index (χ1n) is 12.4. The summed E-state index contributed by atoms with van der Waals surface area (Å²) in [7, 11) is 0. The van der Waals surface area contributed by atoms with Crippen LogP contribution in [0.15, 0.2) is 53.3 Å². The van der Waals surface area contributed by atoms with Crippen molar-refractivity contribution in [2.75, 3.05) is 0 Å². The number of nitrogens with one attached hydrogen (secondary N) is 1. The first-order valence-corrected chi connectivity index (χ1v) is 12.4. The fourth-order valence-corrected chi connectivity index (χ4v) is 4.48. The quantitative estimate of drug-likeness (QED) is 0.234. The third-order valence-electron chi connectivity index (χ3n) is 6.37. The third-order valence-corrected chi connectivity index (χ3v) is 6.37. The van der Waals surface area contributed by atoms with Gasteiger partial charge in [0.2, 0.25) is 0 Å². The molecule has 8 heteroatoms. The molecule has 0 atom stereocenters. The van der Waals surface area contributed by atoms with E-state index in [-0.39, 0.29) is 5.69 Å². The Hall–Kier alpha value is -3.81. The van der Waals surface area contributed by atoms with Crippen molar-refractivity contribution in [1.29, 1.82) is 0 Å². The molecule has 0 aliphatic carbocycles. The standard InChI is InChI=1S/C27H32N6O2/c1-3-5-9-17-32-25(19-34)24(12-6-4-2)33(27(32)35)18-20-13-15-21(16-14-20)22-10-7-8-11-23(22)26-28-30-31-29-26/h7-8,10-11,13-16,19H,3-6,9,12,17-18H2,1-2H3,(H,28,29,30,31). The zero-order valence-electron chi connectivity index (χ0n) is 20.4. The van der Waals surface area contributed by atoms with Gasteiger partial charge in [0.25, 0.3) is 0 Å². The summed E-state index contributed by atoms with van der Waals surface area (Å²) in [6, 6.07) is 16.1. The Bertz CT molecular complexity index is 1300. The number of nitrogens with zero attached hydrogens (tertiary/aromatic N) is 5. The fourth-order valence-electron chi connectivity index (χ4n) is 4.48. The second kappa shape index (κ2) is 11.6. The molecule has 35 heavy (non-hydrogen) atoms. The maximum absolute atomic E-state index is 13.3. The van der Waals surface area contributed by atoms with E-state index in [1.807, 2.05) is 48.5 Å². The SMILES string of the molecule is CCCCCn1c(C=O)c(CCCC)n(Cc2ccc(-c3ccccc3-c3nnn[nH]3)cc2)c1=O. The molecule has 0 radical (unpaired) electrons. The van der Waals surface area contributed by atoms with Gasteiger partial charge in [-0.05, 0) is 46.4 Å². The smallest absolute Gasteiger partial charge is 0.296 e. The van der Waals surface area contributed by atoms with Crippen molar-refractivity contribution in [2.24, 2.45) is 0 Å². The maximum atomic E-state index is 13.3. The molecule has 2 heterocycles. The lowest BCUT2D eigenvalue weighted by Crippen LogP contribution is -2.26. The van der Waals surface area contributed by atoms with Crippen LogP contribution >= 0.6 is 0 Å². The molecule has 4 aromatic rings. The van der Waals surface area contributed by atoms with E-state index >= 15 is 0 Å². The molecule has 0 bridgehead atoms. The molecule has 1 N–H and O–H groups in total. The number of hydrogen-bond acceptors (Lipinski definition) is 5. The minimum Gasteiger partial charge on any atom is -0.296 e. The lowest BCUT2D eigenvalue weighted by atomic mass is 9.98. The topological polar surface area (TPSA) is 98.5 Å². The van der Waals surface area contributed by atoms with Crippen molar-refractivity contribution >= 4 is 6.29 Å². The molecule has 2 aromatic carbocycles. The normalized spacial score (nSPS) is 11.1. The lowest BCUT2D eigenvalue weighted by Gasteiger charge is -2.10. The fraction of sp³-hybridized carbons (Fsp3) is 0.370. The van der Waals surface area contributed by atoms with Gasteiger partial charge in [0.15, 0.2) is 12.1 Å². The van der Waals surface area contributed by atoms with Gasteiger partial charge in [-0.1, -0.05) is 81.6 Å². The van der Waals surface area contributed by atoms with Crippen LogP contribution in [0.2, 0.25) is 0 Å². The van der Waals surface area contributed by atoms with Crippen LogP contribution in [0, 0.1) is 0 Å². The highest BCUT2D eigenvalue weighted by Crippen LogP contribution is 2.29. The largest absolute Gasteiger partial charge is 0.329 e. The van der Waals surface area contributed by atoms with Gasteiger partial charge < -0.3 is 0 Å². The van der Waals surface area contributed by atoms with Crippen molar-refractivity contribution in [3.63, 3.8) is 0 Å². The summed E-state index contributed by atoms with van der Waals surface area (Å²) in [5.41, 5.74) is 5.26. The molecular weight excluding hydrogens is 440 g/mol. The first-order chi connectivity index (χ1) is 17.2. The van der Waals surface area contributed by atoms with Crippen molar-refractivity contribution in [2.45, 2.75) is 65.5 Å². The molecule has 0 spiro atoms. The summed E-state index contributed by atoms with van der Waals surface area (Å²) in [5.74, 6) is 0.614. The van der Waals surface area contributed by atoms with Gasteiger partial charge in [-0.2, -0.15) is 0 Å². The molecule has 0 aliphatic heterocycles. The van der Waals surface area contributed by atoms with E-state index in [1.165, 1.54) is 0 Å². The molecular formula is C27H32N6O2.